The molecule has 0 aliphatic carbocycles. The van der Waals surface area contributed by atoms with E-state index in [4.69, 9.17) is 9.57 Å². The van der Waals surface area contributed by atoms with Crippen molar-refractivity contribution < 1.29 is 19.2 Å². The number of carbonyl (C=O) groups excluding carboxylic acids is 2. The zero-order valence-electron chi connectivity index (χ0n) is 9.96. The van der Waals surface area contributed by atoms with Crippen molar-refractivity contribution in [2.24, 2.45) is 0 Å². The number of hydrogen-bond donors (Lipinski definition) is 0. The van der Waals surface area contributed by atoms with Crippen molar-refractivity contribution in [1.82, 2.24) is 5.06 Å². The van der Waals surface area contributed by atoms with Gasteiger partial charge < -0.3 is 9.57 Å². The van der Waals surface area contributed by atoms with Crippen molar-refractivity contribution >= 4 is 12.1 Å². The maximum absolute atomic E-state index is 11.7. The Morgan fingerprint density at radius 3 is 2.67 bits per heavy atom. The summed E-state index contributed by atoms with van der Waals surface area (Å²) >= 11 is 0. The molecular weight excluding hydrogens is 234 g/mol. The molecule has 1 atom stereocenters. The number of hydrogen-bond acceptors (Lipinski definition) is 4. The van der Waals surface area contributed by atoms with Crippen molar-refractivity contribution in [2.75, 3.05) is 0 Å². The van der Waals surface area contributed by atoms with Crippen LogP contribution < -0.4 is 0 Å². The van der Waals surface area contributed by atoms with Gasteiger partial charge in [-0.2, -0.15) is 0 Å². The highest BCUT2D eigenvalue weighted by molar-refractivity contribution is 5.93. The van der Waals surface area contributed by atoms with Gasteiger partial charge in [0, 0.05) is 0 Å². The number of rotatable bonds is 2. The van der Waals surface area contributed by atoms with Crippen LogP contribution in [0.2, 0.25) is 0 Å². The van der Waals surface area contributed by atoms with E-state index in [2.05, 4.69) is 6.58 Å². The van der Waals surface area contributed by atoms with Crippen LogP contribution in [0.3, 0.4) is 0 Å². The highest BCUT2D eigenvalue weighted by atomic mass is 16.8. The summed E-state index contributed by atoms with van der Waals surface area (Å²) in [4.78, 5) is 27.7. The third kappa shape index (κ3) is 2.34. The van der Waals surface area contributed by atoms with Gasteiger partial charge >= 0.3 is 12.1 Å². The Hall–Kier alpha value is -2.30. The van der Waals surface area contributed by atoms with Crippen LogP contribution in [0.4, 0.5) is 4.79 Å². The third-order valence-electron chi connectivity index (χ3n) is 2.68. The van der Waals surface area contributed by atoms with Crippen molar-refractivity contribution in [1.29, 1.82) is 0 Å². The van der Waals surface area contributed by atoms with Crippen LogP contribution in [0.5, 0.6) is 0 Å². The van der Waals surface area contributed by atoms with Crippen molar-refractivity contribution in [3.05, 3.63) is 48.0 Å². The summed E-state index contributed by atoms with van der Waals surface area (Å²) in [5.74, 6) is -0.598. The fourth-order valence-corrected chi connectivity index (χ4v) is 1.52. The first-order valence-electron chi connectivity index (χ1n) is 5.50. The number of benzene rings is 1. The van der Waals surface area contributed by atoms with Crippen LogP contribution in [0.15, 0.2) is 42.5 Å². The second kappa shape index (κ2) is 4.91. The average Bonchev–Trinajstić information content (AvgIpc) is 2.65. The summed E-state index contributed by atoms with van der Waals surface area (Å²) in [5.41, 5.74) is 1.11. The Kier molecular flexibility index (Phi) is 3.32. The lowest BCUT2D eigenvalue weighted by atomic mass is 10.2. The number of amides is 1. The van der Waals surface area contributed by atoms with Gasteiger partial charge in [0.25, 0.3) is 0 Å². The fourth-order valence-electron chi connectivity index (χ4n) is 1.52. The van der Waals surface area contributed by atoms with Crippen molar-refractivity contribution in [2.45, 2.75) is 19.6 Å². The minimum absolute atomic E-state index is 0.132. The normalized spacial score (nSPS) is 18.7. The summed E-state index contributed by atoms with van der Waals surface area (Å²) < 4.78 is 5.05. The minimum atomic E-state index is -0.696. The molecule has 2 rings (SSSR count). The lowest BCUT2D eigenvalue weighted by molar-refractivity contribution is -0.166. The first-order chi connectivity index (χ1) is 8.59. The van der Waals surface area contributed by atoms with Crippen LogP contribution in [0.1, 0.15) is 12.5 Å². The minimum Gasteiger partial charge on any atom is -0.442 e. The maximum atomic E-state index is 11.7. The molecule has 5 nitrogen and oxygen atoms in total. The highest BCUT2D eigenvalue weighted by Crippen LogP contribution is 2.21. The molecule has 0 radical (unpaired) electrons. The maximum Gasteiger partial charge on any atom is 0.444 e. The lowest BCUT2D eigenvalue weighted by Crippen LogP contribution is -2.33. The first kappa shape index (κ1) is 12.2. The highest BCUT2D eigenvalue weighted by Gasteiger charge is 2.38. The topological polar surface area (TPSA) is 55.8 Å². The predicted octanol–water partition coefficient (Wildman–Crippen LogP) is 2.04. The molecule has 0 N–H and O–H groups in total. The van der Waals surface area contributed by atoms with Gasteiger partial charge in [-0.1, -0.05) is 36.9 Å². The van der Waals surface area contributed by atoms with Gasteiger partial charge in [-0.3, -0.25) is 0 Å². The fraction of sp³-hybridized carbons (Fsp3) is 0.231. The summed E-state index contributed by atoms with van der Waals surface area (Å²) in [7, 11) is 0. The largest absolute Gasteiger partial charge is 0.444 e. The van der Waals surface area contributed by atoms with Gasteiger partial charge in [-0.15, -0.1) is 5.06 Å². The van der Waals surface area contributed by atoms with Gasteiger partial charge in [0.05, 0.1) is 5.57 Å². The quantitative estimate of drug-likeness (QED) is 0.750. The summed E-state index contributed by atoms with van der Waals surface area (Å²) in [5, 5.41) is 0.896. The second-order valence-corrected chi connectivity index (χ2v) is 3.95. The van der Waals surface area contributed by atoms with Gasteiger partial charge in [-0.05, 0) is 12.5 Å². The molecule has 0 aromatic heterocycles. The average molecular weight is 247 g/mol. The first-order valence-corrected chi connectivity index (χ1v) is 5.50. The standard InChI is InChI=1S/C13H13NO4/c1-9-10(2)14(18-12(9)15)13(16)17-8-11-6-4-3-5-7-11/h3-7,10H,1,8H2,2H3. The summed E-state index contributed by atoms with van der Waals surface area (Å²) in [6.07, 6.45) is -0.696. The van der Waals surface area contributed by atoms with Crippen LogP contribution in [0, 0.1) is 0 Å². The van der Waals surface area contributed by atoms with E-state index in [1.54, 1.807) is 6.92 Å². The summed E-state index contributed by atoms with van der Waals surface area (Å²) in [6, 6.07) is 8.75. The zero-order chi connectivity index (χ0) is 13.1. The lowest BCUT2D eigenvalue weighted by Gasteiger charge is -2.17. The molecule has 1 aromatic carbocycles. The molecule has 1 unspecified atom stereocenters. The zero-order valence-corrected chi connectivity index (χ0v) is 9.96. The van der Waals surface area contributed by atoms with Crippen LogP contribution in [0.25, 0.3) is 0 Å². The molecule has 0 saturated carbocycles. The number of hydroxylamine groups is 2. The molecular formula is C13H13NO4. The molecule has 1 aliphatic rings. The van der Waals surface area contributed by atoms with E-state index in [9.17, 15) is 9.59 Å². The molecule has 94 valence electrons. The van der Waals surface area contributed by atoms with Gasteiger partial charge in [0.15, 0.2) is 0 Å². The molecule has 1 amide bonds. The van der Waals surface area contributed by atoms with E-state index in [0.717, 1.165) is 10.6 Å². The molecule has 1 fully saturated rings. The third-order valence-corrected chi connectivity index (χ3v) is 2.68. The Bertz CT molecular complexity index is 483. The molecule has 0 bridgehead atoms. The molecule has 1 aromatic rings. The SMILES string of the molecule is C=C1C(=O)ON(C(=O)OCc2ccccc2)C1C. The van der Waals surface area contributed by atoms with Gasteiger partial charge in [0.2, 0.25) is 0 Å². The monoisotopic (exact) mass is 247 g/mol. The Morgan fingerprint density at radius 2 is 2.11 bits per heavy atom. The van der Waals surface area contributed by atoms with Crippen LogP contribution >= 0.6 is 0 Å². The smallest absolute Gasteiger partial charge is 0.442 e. The van der Waals surface area contributed by atoms with E-state index in [1.165, 1.54) is 0 Å². The van der Waals surface area contributed by atoms with Crippen LogP contribution in [-0.2, 0) is 21.0 Å². The van der Waals surface area contributed by atoms with E-state index >= 15 is 0 Å². The van der Waals surface area contributed by atoms with E-state index < -0.39 is 18.1 Å². The number of nitrogens with zero attached hydrogens (tertiary/aromatic N) is 1. The predicted molar refractivity (Wildman–Crippen MR) is 63.2 cm³/mol. The van der Waals surface area contributed by atoms with Gasteiger partial charge in [-0.25, -0.2) is 9.59 Å². The molecule has 1 saturated heterocycles. The number of carbonyl (C=O) groups is 2. The Morgan fingerprint density at radius 1 is 1.44 bits per heavy atom. The van der Waals surface area contributed by atoms with Crippen molar-refractivity contribution in [3.8, 4) is 0 Å². The second-order valence-electron chi connectivity index (χ2n) is 3.95. The molecule has 1 aliphatic heterocycles. The number of ether oxygens (including phenoxy) is 1. The van der Waals surface area contributed by atoms with Crippen molar-refractivity contribution in [3.63, 3.8) is 0 Å². The Balaban J connectivity index is 1.93. The van der Waals surface area contributed by atoms with E-state index in [-0.39, 0.29) is 12.2 Å². The van der Waals surface area contributed by atoms with E-state index in [1.807, 2.05) is 30.3 Å². The van der Waals surface area contributed by atoms with Crippen LogP contribution in [-0.4, -0.2) is 23.2 Å². The molecule has 5 heteroatoms. The summed E-state index contributed by atoms with van der Waals surface area (Å²) in [6.45, 7) is 5.32. The molecule has 0 spiro atoms. The van der Waals surface area contributed by atoms with Gasteiger partial charge in [0.1, 0.15) is 12.6 Å². The molecule has 18 heavy (non-hydrogen) atoms. The van der Waals surface area contributed by atoms with E-state index in [0.29, 0.717) is 0 Å². The molecule has 1 heterocycles. The Labute approximate surface area is 105 Å².